The topological polar surface area (TPSA) is 89.3 Å². The van der Waals surface area contributed by atoms with E-state index in [0.29, 0.717) is 12.3 Å². The summed E-state index contributed by atoms with van der Waals surface area (Å²) in [6, 6.07) is 0. The standard InChI is InChI=1S/C11H24N2O2S/c1-9(7-14)8-16-6-4-3-5-11(2,13)10(12)15/h9,14H,3-8,13H2,1-2H3,(H2,12,15). The van der Waals surface area contributed by atoms with Gasteiger partial charge in [-0.3, -0.25) is 4.79 Å². The molecular weight excluding hydrogens is 224 g/mol. The normalized spacial score (nSPS) is 16.8. The highest BCUT2D eigenvalue weighted by Gasteiger charge is 2.24. The average Bonchev–Trinajstić information content (AvgIpc) is 2.22. The van der Waals surface area contributed by atoms with Gasteiger partial charge in [-0.25, -0.2) is 0 Å². The molecule has 2 unspecified atom stereocenters. The number of amides is 1. The van der Waals surface area contributed by atoms with Gasteiger partial charge in [-0.2, -0.15) is 11.8 Å². The molecule has 1 amide bonds. The first-order valence-electron chi connectivity index (χ1n) is 5.67. The van der Waals surface area contributed by atoms with Crippen LogP contribution >= 0.6 is 11.8 Å². The van der Waals surface area contributed by atoms with Gasteiger partial charge in [-0.15, -0.1) is 0 Å². The zero-order chi connectivity index (χ0) is 12.6. The molecule has 0 bridgehead atoms. The highest BCUT2D eigenvalue weighted by molar-refractivity contribution is 7.99. The van der Waals surface area contributed by atoms with E-state index in [-0.39, 0.29) is 6.61 Å². The summed E-state index contributed by atoms with van der Waals surface area (Å²) in [7, 11) is 0. The van der Waals surface area contributed by atoms with Gasteiger partial charge in [0.2, 0.25) is 5.91 Å². The third-order valence-corrected chi connectivity index (χ3v) is 3.89. The molecule has 0 aliphatic rings. The molecule has 0 saturated carbocycles. The van der Waals surface area contributed by atoms with E-state index in [4.69, 9.17) is 16.6 Å². The van der Waals surface area contributed by atoms with Crippen molar-refractivity contribution in [3.63, 3.8) is 0 Å². The van der Waals surface area contributed by atoms with E-state index in [9.17, 15) is 4.79 Å². The summed E-state index contributed by atoms with van der Waals surface area (Å²) in [5.74, 6) is 1.94. The Balaban J connectivity index is 3.44. The minimum atomic E-state index is -0.872. The fourth-order valence-corrected chi connectivity index (χ4v) is 2.24. The molecule has 5 N–H and O–H groups in total. The highest BCUT2D eigenvalue weighted by Crippen LogP contribution is 2.14. The van der Waals surface area contributed by atoms with Crippen molar-refractivity contribution in [1.82, 2.24) is 0 Å². The molecule has 0 rings (SSSR count). The highest BCUT2D eigenvalue weighted by atomic mass is 32.2. The zero-order valence-electron chi connectivity index (χ0n) is 10.2. The largest absolute Gasteiger partial charge is 0.396 e. The Hall–Kier alpha value is -0.260. The third kappa shape index (κ3) is 7.09. The summed E-state index contributed by atoms with van der Waals surface area (Å²) in [6.07, 6.45) is 2.58. The van der Waals surface area contributed by atoms with Gasteiger partial charge in [0.1, 0.15) is 0 Å². The summed E-state index contributed by atoms with van der Waals surface area (Å²) in [5, 5.41) is 8.82. The second-order valence-corrected chi connectivity index (χ2v) is 5.75. The molecule has 4 nitrogen and oxygen atoms in total. The summed E-state index contributed by atoms with van der Waals surface area (Å²) < 4.78 is 0. The molecule has 0 aliphatic carbocycles. The predicted octanol–water partition coefficient (Wildman–Crippen LogP) is 0.721. The maximum atomic E-state index is 10.9. The van der Waals surface area contributed by atoms with Gasteiger partial charge in [-0.1, -0.05) is 13.3 Å². The van der Waals surface area contributed by atoms with E-state index in [1.807, 2.05) is 18.7 Å². The molecule has 0 heterocycles. The van der Waals surface area contributed by atoms with Crippen LogP contribution in [0.25, 0.3) is 0 Å². The van der Waals surface area contributed by atoms with Crippen LogP contribution in [0.4, 0.5) is 0 Å². The number of hydrogen-bond donors (Lipinski definition) is 3. The molecule has 0 radical (unpaired) electrons. The predicted molar refractivity (Wildman–Crippen MR) is 69.2 cm³/mol. The monoisotopic (exact) mass is 248 g/mol. The van der Waals surface area contributed by atoms with Crippen molar-refractivity contribution in [2.24, 2.45) is 17.4 Å². The number of aliphatic hydroxyl groups is 1. The van der Waals surface area contributed by atoms with E-state index in [0.717, 1.165) is 24.3 Å². The minimum absolute atomic E-state index is 0.246. The Morgan fingerprint density at radius 1 is 1.50 bits per heavy atom. The van der Waals surface area contributed by atoms with Crippen LogP contribution in [0.15, 0.2) is 0 Å². The second-order valence-electron chi connectivity index (χ2n) is 4.60. The number of rotatable bonds is 9. The third-order valence-electron chi connectivity index (χ3n) is 2.51. The fraction of sp³-hybridized carbons (Fsp3) is 0.909. The lowest BCUT2D eigenvalue weighted by molar-refractivity contribution is -0.122. The van der Waals surface area contributed by atoms with Crippen LogP contribution in [0.2, 0.25) is 0 Å². The first-order chi connectivity index (χ1) is 7.40. The molecule has 0 aromatic heterocycles. The number of hydrogen-bond acceptors (Lipinski definition) is 4. The van der Waals surface area contributed by atoms with Crippen molar-refractivity contribution in [2.75, 3.05) is 18.1 Å². The lowest BCUT2D eigenvalue weighted by Crippen LogP contribution is -2.49. The van der Waals surface area contributed by atoms with Gasteiger partial charge >= 0.3 is 0 Å². The van der Waals surface area contributed by atoms with Crippen molar-refractivity contribution < 1.29 is 9.90 Å². The molecule has 0 fully saturated rings. The molecule has 0 saturated heterocycles. The summed E-state index contributed by atoms with van der Waals surface area (Å²) in [6.45, 7) is 3.95. The van der Waals surface area contributed by atoms with Gasteiger partial charge in [0.15, 0.2) is 0 Å². The Kier molecular flexibility index (Phi) is 7.80. The molecule has 96 valence electrons. The van der Waals surface area contributed by atoms with Crippen LogP contribution in [0.1, 0.15) is 33.1 Å². The second kappa shape index (κ2) is 7.92. The van der Waals surface area contributed by atoms with E-state index in [1.165, 1.54) is 0 Å². The molecular formula is C11H24N2O2S. The minimum Gasteiger partial charge on any atom is -0.396 e. The van der Waals surface area contributed by atoms with Crippen LogP contribution in [-0.2, 0) is 4.79 Å². The molecule has 0 aromatic carbocycles. The Bertz CT molecular complexity index is 210. The zero-order valence-corrected chi connectivity index (χ0v) is 11.1. The smallest absolute Gasteiger partial charge is 0.237 e. The van der Waals surface area contributed by atoms with Gasteiger partial charge in [-0.05, 0) is 37.2 Å². The summed E-state index contributed by atoms with van der Waals surface area (Å²) in [4.78, 5) is 10.9. The molecule has 0 spiro atoms. The van der Waals surface area contributed by atoms with Crippen molar-refractivity contribution in [3.05, 3.63) is 0 Å². The molecule has 5 heteroatoms. The molecule has 2 atom stereocenters. The van der Waals surface area contributed by atoms with E-state index >= 15 is 0 Å². The number of thioether (sulfide) groups is 1. The van der Waals surface area contributed by atoms with Gasteiger partial charge in [0.05, 0.1) is 5.54 Å². The van der Waals surface area contributed by atoms with Gasteiger partial charge in [0.25, 0.3) is 0 Å². The number of carbonyl (C=O) groups excluding carboxylic acids is 1. The van der Waals surface area contributed by atoms with E-state index in [2.05, 4.69) is 0 Å². The van der Waals surface area contributed by atoms with Crippen LogP contribution in [0.3, 0.4) is 0 Å². The summed E-state index contributed by atoms with van der Waals surface area (Å²) in [5.41, 5.74) is 10.0. The number of primary amides is 1. The quantitative estimate of drug-likeness (QED) is 0.525. The maximum absolute atomic E-state index is 10.9. The van der Waals surface area contributed by atoms with E-state index < -0.39 is 11.4 Å². The van der Waals surface area contributed by atoms with Gasteiger partial charge in [0, 0.05) is 6.61 Å². The van der Waals surface area contributed by atoms with Crippen LogP contribution in [0, 0.1) is 5.92 Å². The fourth-order valence-electron chi connectivity index (χ4n) is 1.16. The number of aliphatic hydroxyl groups excluding tert-OH is 1. The Morgan fingerprint density at radius 3 is 2.62 bits per heavy atom. The SMILES string of the molecule is CC(CO)CSCCCCC(C)(N)C(N)=O. The Labute approximate surface area is 102 Å². The average molecular weight is 248 g/mol. The maximum Gasteiger partial charge on any atom is 0.237 e. The molecule has 0 aliphatic heterocycles. The molecule has 0 aromatic rings. The van der Waals surface area contributed by atoms with Crippen molar-refractivity contribution in [3.8, 4) is 0 Å². The number of unbranched alkanes of at least 4 members (excludes halogenated alkanes) is 1. The van der Waals surface area contributed by atoms with Crippen LogP contribution in [0.5, 0.6) is 0 Å². The number of nitrogens with two attached hydrogens (primary N) is 2. The van der Waals surface area contributed by atoms with Crippen molar-refractivity contribution in [1.29, 1.82) is 0 Å². The Morgan fingerprint density at radius 2 is 2.12 bits per heavy atom. The van der Waals surface area contributed by atoms with Crippen LogP contribution in [-0.4, -0.2) is 34.7 Å². The van der Waals surface area contributed by atoms with Gasteiger partial charge < -0.3 is 16.6 Å². The first kappa shape index (κ1) is 15.7. The lowest BCUT2D eigenvalue weighted by atomic mass is 9.96. The van der Waals surface area contributed by atoms with Crippen molar-refractivity contribution in [2.45, 2.75) is 38.6 Å². The number of carbonyl (C=O) groups is 1. The van der Waals surface area contributed by atoms with E-state index in [1.54, 1.807) is 6.92 Å². The van der Waals surface area contributed by atoms with Crippen LogP contribution < -0.4 is 11.5 Å². The summed E-state index contributed by atoms with van der Waals surface area (Å²) >= 11 is 1.83. The first-order valence-corrected chi connectivity index (χ1v) is 6.83. The lowest BCUT2D eigenvalue weighted by Gasteiger charge is -2.19. The molecule has 16 heavy (non-hydrogen) atoms. The van der Waals surface area contributed by atoms with Crippen molar-refractivity contribution >= 4 is 17.7 Å².